The van der Waals surface area contributed by atoms with Crippen molar-refractivity contribution in [1.82, 2.24) is 4.90 Å². The second kappa shape index (κ2) is 6.93. The molecular weight excluding hydrogens is 346 g/mol. The molecular formula is C21H24ClN3O. The Hall–Kier alpha value is -2.04. The maximum Gasteiger partial charge on any atom is 0.229 e. The first-order valence-corrected chi connectivity index (χ1v) is 9.55. The first kappa shape index (κ1) is 17.4. The first-order valence-electron chi connectivity index (χ1n) is 9.17. The average molecular weight is 370 g/mol. The Bertz CT molecular complexity index is 807. The van der Waals surface area contributed by atoms with Gasteiger partial charge in [-0.2, -0.15) is 0 Å². The minimum Gasteiger partial charge on any atom is -0.397 e. The molecule has 2 aromatic carbocycles. The van der Waals surface area contributed by atoms with Crippen LogP contribution in [0.3, 0.4) is 0 Å². The fraction of sp³-hybridized carbons (Fsp3) is 0.381. The number of halogens is 1. The van der Waals surface area contributed by atoms with Gasteiger partial charge < -0.3 is 11.1 Å². The van der Waals surface area contributed by atoms with Crippen LogP contribution in [-0.4, -0.2) is 29.9 Å². The third kappa shape index (κ3) is 3.08. The van der Waals surface area contributed by atoms with Crippen LogP contribution in [0.2, 0.25) is 5.02 Å². The van der Waals surface area contributed by atoms with Crippen LogP contribution in [0.1, 0.15) is 30.7 Å². The lowest BCUT2D eigenvalue weighted by Crippen LogP contribution is -2.50. The summed E-state index contributed by atoms with van der Waals surface area (Å²) in [4.78, 5) is 15.7. The predicted octanol–water partition coefficient (Wildman–Crippen LogP) is 4.13. The van der Waals surface area contributed by atoms with Crippen LogP contribution in [0.25, 0.3) is 0 Å². The van der Waals surface area contributed by atoms with Gasteiger partial charge in [-0.1, -0.05) is 35.9 Å². The second-order valence-corrected chi connectivity index (χ2v) is 7.90. The van der Waals surface area contributed by atoms with Crippen molar-refractivity contribution in [3.05, 3.63) is 59.1 Å². The van der Waals surface area contributed by atoms with E-state index in [0.29, 0.717) is 17.4 Å². The van der Waals surface area contributed by atoms with Crippen LogP contribution < -0.4 is 11.1 Å². The number of fused-ring (bicyclic) bond motifs is 2. The average Bonchev–Trinajstić information content (AvgIpc) is 2.87. The van der Waals surface area contributed by atoms with Crippen LogP contribution >= 0.6 is 11.6 Å². The van der Waals surface area contributed by atoms with E-state index < -0.39 is 0 Å². The highest BCUT2D eigenvalue weighted by Crippen LogP contribution is 2.46. The molecule has 5 heteroatoms. The molecule has 4 rings (SSSR count). The van der Waals surface area contributed by atoms with Gasteiger partial charge in [-0.05, 0) is 62.1 Å². The molecule has 2 fully saturated rings. The van der Waals surface area contributed by atoms with E-state index in [4.69, 9.17) is 17.3 Å². The van der Waals surface area contributed by atoms with E-state index in [-0.39, 0.29) is 23.8 Å². The molecule has 0 radical (unpaired) electrons. The van der Waals surface area contributed by atoms with Crippen LogP contribution in [0, 0.1) is 5.92 Å². The van der Waals surface area contributed by atoms with Gasteiger partial charge in [0.2, 0.25) is 5.91 Å². The minimum absolute atomic E-state index is 0.0556. The van der Waals surface area contributed by atoms with Crippen molar-refractivity contribution < 1.29 is 4.79 Å². The Morgan fingerprint density at radius 3 is 2.62 bits per heavy atom. The zero-order valence-corrected chi connectivity index (χ0v) is 15.6. The molecule has 3 N–H and O–H groups in total. The van der Waals surface area contributed by atoms with Crippen LogP contribution in [-0.2, 0) is 4.79 Å². The number of nitrogens with two attached hydrogens (primary N) is 1. The highest BCUT2D eigenvalue weighted by atomic mass is 35.5. The van der Waals surface area contributed by atoms with E-state index in [1.807, 2.05) is 36.4 Å². The van der Waals surface area contributed by atoms with Gasteiger partial charge in [0.25, 0.3) is 0 Å². The number of carbonyl (C=O) groups excluding carboxylic acids is 1. The van der Waals surface area contributed by atoms with Crippen molar-refractivity contribution >= 4 is 28.9 Å². The van der Waals surface area contributed by atoms with Gasteiger partial charge in [0.1, 0.15) is 0 Å². The largest absolute Gasteiger partial charge is 0.397 e. The van der Waals surface area contributed by atoms with Crippen molar-refractivity contribution in [3.63, 3.8) is 0 Å². The highest BCUT2D eigenvalue weighted by Gasteiger charge is 2.49. The fourth-order valence-electron chi connectivity index (χ4n) is 4.70. The van der Waals surface area contributed by atoms with E-state index in [2.05, 4.69) is 29.4 Å². The van der Waals surface area contributed by atoms with Crippen molar-refractivity contribution in [2.45, 2.75) is 37.3 Å². The van der Waals surface area contributed by atoms with Gasteiger partial charge >= 0.3 is 0 Å². The van der Waals surface area contributed by atoms with Gasteiger partial charge in [-0.3, -0.25) is 9.69 Å². The molecule has 4 unspecified atom stereocenters. The summed E-state index contributed by atoms with van der Waals surface area (Å²) in [5.74, 6) is 0.158. The summed E-state index contributed by atoms with van der Waals surface area (Å²) in [6, 6.07) is 16.2. The number of hydrogen-bond acceptors (Lipinski definition) is 3. The van der Waals surface area contributed by atoms with Crippen molar-refractivity contribution in [2.75, 3.05) is 18.1 Å². The summed E-state index contributed by atoms with van der Waals surface area (Å²) in [5, 5.41) is 3.80. The van der Waals surface area contributed by atoms with E-state index >= 15 is 0 Å². The smallest absolute Gasteiger partial charge is 0.229 e. The zero-order chi connectivity index (χ0) is 18.3. The first-order chi connectivity index (χ1) is 12.5. The van der Waals surface area contributed by atoms with Gasteiger partial charge in [0.15, 0.2) is 0 Å². The van der Waals surface area contributed by atoms with E-state index in [1.165, 1.54) is 5.56 Å². The molecule has 2 aromatic rings. The topological polar surface area (TPSA) is 58.4 Å². The molecule has 4 nitrogen and oxygen atoms in total. The van der Waals surface area contributed by atoms with Crippen molar-refractivity contribution in [1.29, 1.82) is 0 Å². The quantitative estimate of drug-likeness (QED) is 0.800. The van der Waals surface area contributed by atoms with Crippen molar-refractivity contribution in [2.24, 2.45) is 5.92 Å². The Morgan fingerprint density at radius 1 is 1.15 bits per heavy atom. The zero-order valence-electron chi connectivity index (χ0n) is 14.9. The summed E-state index contributed by atoms with van der Waals surface area (Å²) in [5.41, 5.74) is 8.50. The van der Waals surface area contributed by atoms with Gasteiger partial charge in [-0.15, -0.1) is 0 Å². The Morgan fingerprint density at radius 2 is 1.88 bits per heavy atom. The molecule has 2 aliphatic heterocycles. The van der Waals surface area contributed by atoms with E-state index in [0.717, 1.165) is 24.3 Å². The third-order valence-electron chi connectivity index (χ3n) is 6.09. The maximum absolute atomic E-state index is 13.3. The third-order valence-corrected chi connectivity index (χ3v) is 6.34. The van der Waals surface area contributed by atoms with Crippen molar-refractivity contribution in [3.8, 4) is 0 Å². The second-order valence-electron chi connectivity index (χ2n) is 7.46. The molecule has 0 spiro atoms. The number of rotatable bonds is 3. The fourth-order valence-corrected chi connectivity index (χ4v) is 4.83. The minimum atomic E-state index is -0.0977. The Labute approximate surface area is 159 Å². The SMILES string of the molecule is CN1C2CCC1C(C(=O)Nc1ccccc1N)C(c1ccc(Cl)cc1)C2. The highest BCUT2D eigenvalue weighted by molar-refractivity contribution is 6.30. The number of carbonyl (C=O) groups is 1. The molecule has 4 atom stereocenters. The number of nitrogen functional groups attached to an aromatic ring is 1. The molecule has 0 aliphatic carbocycles. The number of para-hydroxylation sites is 2. The van der Waals surface area contributed by atoms with Crippen LogP contribution in [0.5, 0.6) is 0 Å². The summed E-state index contributed by atoms with van der Waals surface area (Å²) in [6.45, 7) is 0. The maximum atomic E-state index is 13.3. The lowest BCUT2D eigenvalue weighted by Gasteiger charge is -2.42. The lowest BCUT2D eigenvalue weighted by atomic mass is 9.75. The normalized spacial score (nSPS) is 28.1. The Balaban J connectivity index is 1.65. The molecule has 1 amide bonds. The summed E-state index contributed by atoms with van der Waals surface area (Å²) >= 11 is 6.07. The number of benzene rings is 2. The number of piperidine rings is 1. The molecule has 0 aromatic heterocycles. The number of nitrogens with one attached hydrogen (secondary N) is 1. The Kier molecular flexibility index (Phi) is 4.63. The summed E-state index contributed by atoms with van der Waals surface area (Å²) in [7, 11) is 2.15. The standard InChI is InChI=1S/C21H24ClN3O/c1-25-15-10-11-19(25)20(16(12-15)13-6-8-14(22)9-7-13)21(26)24-18-5-3-2-4-17(18)23/h2-9,15-16,19-20H,10-12,23H2,1H3,(H,24,26). The van der Waals surface area contributed by atoms with Gasteiger partial charge in [-0.25, -0.2) is 0 Å². The van der Waals surface area contributed by atoms with Crippen LogP contribution in [0.4, 0.5) is 11.4 Å². The molecule has 2 aliphatic rings. The molecule has 0 saturated carbocycles. The number of anilines is 2. The summed E-state index contributed by atoms with van der Waals surface area (Å²) in [6.07, 6.45) is 3.22. The molecule has 2 heterocycles. The molecule has 26 heavy (non-hydrogen) atoms. The van der Waals surface area contributed by atoms with Gasteiger partial charge in [0.05, 0.1) is 17.3 Å². The number of amides is 1. The molecule has 136 valence electrons. The predicted molar refractivity (Wildman–Crippen MR) is 106 cm³/mol. The van der Waals surface area contributed by atoms with Gasteiger partial charge in [0, 0.05) is 17.1 Å². The van der Waals surface area contributed by atoms with E-state index in [9.17, 15) is 4.79 Å². The molecule has 2 bridgehead atoms. The molecule has 2 saturated heterocycles. The number of nitrogens with zero attached hydrogens (tertiary/aromatic N) is 1. The summed E-state index contributed by atoms with van der Waals surface area (Å²) < 4.78 is 0. The monoisotopic (exact) mass is 369 g/mol. The number of hydrogen-bond donors (Lipinski definition) is 2. The van der Waals surface area contributed by atoms with Crippen LogP contribution in [0.15, 0.2) is 48.5 Å². The lowest BCUT2D eigenvalue weighted by molar-refractivity contribution is -0.124. The van der Waals surface area contributed by atoms with E-state index in [1.54, 1.807) is 0 Å².